The predicted molar refractivity (Wildman–Crippen MR) is 76.9 cm³/mol. The van der Waals surface area contributed by atoms with Gasteiger partial charge in [0, 0.05) is 15.7 Å². The predicted octanol–water partition coefficient (Wildman–Crippen LogP) is 2.92. The van der Waals surface area contributed by atoms with Gasteiger partial charge < -0.3 is 5.32 Å². The fourth-order valence-corrected chi connectivity index (χ4v) is 4.65. The van der Waals surface area contributed by atoms with Gasteiger partial charge in [-0.15, -0.1) is 0 Å². The lowest BCUT2D eigenvalue weighted by Crippen LogP contribution is -2.19. The Balaban J connectivity index is 1.45. The van der Waals surface area contributed by atoms with Crippen LogP contribution in [0.3, 0.4) is 0 Å². The van der Waals surface area contributed by atoms with E-state index in [2.05, 4.69) is 32.9 Å². The number of carbonyl (C=O) groups excluding carboxylic acids is 1. The Morgan fingerprint density at radius 3 is 2.61 bits per heavy atom. The maximum Gasteiger partial charge on any atom is 0.229 e. The van der Waals surface area contributed by atoms with Crippen molar-refractivity contribution >= 4 is 34.3 Å². The second-order valence-electron chi connectivity index (χ2n) is 5.86. The molecule has 3 saturated carbocycles. The molecule has 0 radical (unpaired) electrons. The number of fused-ring (bicyclic) bond motifs is 5. The van der Waals surface area contributed by atoms with Crippen LogP contribution in [0.25, 0.3) is 0 Å². The first kappa shape index (κ1) is 11.2. The van der Waals surface area contributed by atoms with Gasteiger partial charge in [-0.05, 0) is 77.7 Å². The molecule has 3 aliphatic carbocycles. The average molecular weight is 354 g/mol. The van der Waals surface area contributed by atoms with Gasteiger partial charge in [-0.2, -0.15) is 0 Å². The minimum Gasteiger partial charge on any atom is -0.310 e. The third-order valence-electron chi connectivity index (χ3n) is 5.02. The van der Waals surface area contributed by atoms with Crippen molar-refractivity contribution in [2.24, 2.45) is 29.6 Å². The number of rotatable bonds is 2. The molecule has 4 unspecified atom stereocenters. The van der Waals surface area contributed by atoms with Crippen molar-refractivity contribution in [3.63, 3.8) is 0 Å². The average Bonchev–Trinajstić information content (AvgIpc) is 2.82. The summed E-state index contributed by atoms with van der Waals surface area (Å²) in [6.07, 6.45) is 5.89. The van der Waals surface area contributed by atoms with E-state index in [-0.39, 0.29) is 11.8 Å². The van der Waals surface area contributed by atoms with Crippen molar-refractivity contribution in [1.29, 1.82) is 0 Å². The fraction of sp³-hybridized carbons (Fsp3) is 0.571. The van der Waals surface area contributed by atoms with Crippen LogP contribution in [-0.4, -0.2) is 10.9 Å². The van der Waals surface area contributed by atoms with Crippen molar-refractivity contribution < 1.29 is 4.79 Å². The number of halogens is 1. The molecule has 3 aliphatic rings. The van der Waals surface area contributed by atoms with Crippen LogP contribution in [0.15, 0.2) is 18.3 Å². The maximum absolute atomic E-state index is 12.2. The molecule has 0 spiro atoms. The summed E-state index contributed by atoms with van der Waals surface area (Å²) in [6, 6.07) is 3.85. The van der Waals surface area contributed by atoms with E-state index in [9.17, 15) is 4.79 Å². The molecule has 1 heterocycles. The Morgan fingerprint density at radius 2 is 2.00 bits per heavy atom. The van der Waals surface area contributed by atoms with Gasteiger partial charge in [0.25, 0.3) is 0 Å². The first-order valence-corrected chi connectivity index (χ1v) is 7.74. The third-order valence-corrected chi connectivity index (χ3v) is 5.65. The monoisotopic (exact) mass is 354 g/mol. The number of hydrogen-bond donors (Lipinski definition) is 1. The van der Waals surface area contributed by atoms with E-state index < -0.39 is 0 Å². The van der Waals surface area contributed by atoms with Crippen LogP contribution in [0.4, 0.5) is 5.82 Å². The molecule has 94 valence electrons. The molecule has 0 aliphatic heterocycles. The molecule has 0 saturated heterocycles. The molecule has 3 nitrogen and oxygen atoms in total. The van der Waals surface area contributed by atoms with E-state index in [0.29, 0.717) is 17.7 Å². The van der Waals surface area contributed by atoms with Crippen LogP contribution in [0, 0.1) is 33.2 Å². The first-order valence-electron chi connectivity index (χ1n) is 6.66. The van der Waals surface area contributed by atoms with Crippen LogP contribution in [-0.2, 0) is 4.79 Å². The SMILES string of the molecule is O=C(Nc1ccc(I)cn1)C1C2C3CCC(C3)C12. The molecule has 0 aromatic carbocycles. The number of amides is 1. The van der Waals surface area contributed by atoms with Gasteiger partial charge in [0.15, 0.2) is 0 Å². The molecule has 1 N–H and O–H groups in total. The van der Waals surface area contributed by atoms with Gasteiger partial charge in [-0.3, -0.25) is 4.79 Å². The van der Waals surface area contributed by atoms with Gasteiger partial charge in [0.05, 0.1) is 0 Å². The molecular formula is C14H15IN2O. The number of nitrogens with one attached hydrogen (secondary N) is 1. The molecule has 4 rings (SSSR count). The van der Waals surface area contributed by atoms with Crippen molar-refractivity contribution in [3.8, 4) is 0 Å². The molecule has 2 bridgehead atoms. The quantitative estimate of drug-likeness (QED) is 0.830. The van der Waals surface area contributed by atoms with Gasteiger partial charge >= 0.3 is 0 Å². The number of nitrogens with zero attached hydrogens (tertiary/aromatic N) is 1. The topological polar surface area (TPSA) is 42.0 Å². The molecule has 4 heteroatoms. The van der Waals surface area contributed by atoms with Crippen molar-refractivity contribution in [1.82, 2.24) is 4.98 Å². The zero-order chi connectivity index (χ0) is 12.3. The molecule has 4 atom stereocenters. The van der Waals surface area contributed by atoms with Crippen LogP contribution < -0.4 is 5.32 Å². The zero-order valence-corrected chi connectivity index (χ0v) is 12.1. The summed E-state index contributed by atoms with van der Waals surface area (Å²) in [7, 11) is 0. The second-order valence-corrected chi connectivity index (χ2v) is 7.11. The number of hydrogen-bond acceptors (Lipinski definition) is 2. The van der Waals surface area contributed by atoms with E-state index in [1.807, 2.05) is 12.1 Å². The Kier molecular flexibility index (Phi) is 2.44. The summed E-state index contributed by atoms with van der Waals surface area (Å²) in [6.45, 7) is 0. The smallest absolute Gasteiger partial charge is 0.229 e. The van der Waals surface area contributed by atoms with Gasteiger partial charge in [-0.1, -0.05) is 0 Å². The summed E-state index contributed by atoms with van der Waals surface area (Å²) in [5.74, 6) is 4.28. The Hall–Kier alpha value is -0.650. The number of pyridine rings is 1. The van der Waals surface area contributed by atoms with E-state index >= 15 is 0 Å². The lowest BCUT2D eigenvalue weighted by molar-refractivity contribution is -0.118. The lowest BCUT2D eigenvalue weighted by Gasteiger charge is -2.09. The number of anilines is 1. The Labute approximate surface area is 120 Å². The van der Waals surface area contributed by atoms with Crippen LogP contribution in [0.2, 0.25) is 0 Å². The van der Waals surface area contributed by atoms with Crippen molar-refractivity contribution in [2.75, 3.05) is 5.32 Å². The highest BCUT2D eigenvalue weighted by molar-refractivity contribution is 14.1. The van der Waals surface area contributed by atoms with E-state index in [1.165, 1.54) is 19.3 Å². The van der Waals surface area contributed by atoms with Gasteiger partial charge in [0.2, 0.25) is 5.91 Å². The zero-order valence-electron chi connectivity index (χ0n) is 9.97. The first-order chi connectivity index (χ1) is 8.74. The van der Waals surface area contributed by atoms with Crippen LogP contribution >= 0.6 is 22.6 Å². The molecule has 3 fully saturated rings. The van der Waals surface area contributed by atoms with Gasteiger partial charge in [0.1, 0.15) is 5.82 Å². The summed E-state index contributed by atoms with van der Waals surface area (Å²) in [5, 5.41) is 2.98. The maximum atomic E-state index is 12.2. The molecule has 18 heavy (non-hydrogen) atoms. The lowest BCUT2D eigenvalue weighted by atomic mass is 10.0. The highest BCUT2D eigenvalue weighted by Gasteiger charge is 2.67. The highest BCUT2D eigenvalue weighted by atomic mass is 127. The van der Waals surface area contributed by atoms with Crippen LogP contribution in [0.5, 0.6) is 0 Å². The van der Waals surface area contributed by atoms with E-state index in [0.717, 1.165) is 15.4 Å². The Bertz CT molecular complexity index is 485. The highest BCUT2D eigenvalue weighted by Crippen LogP contribution is 2.69. The minimum atomic E-state index is 0.204. The largest absolute Gasteiger partial charge is 0.310 e. The molecule has 1 aromatic rings. The summed E-state index contributed by atoms with van der Waals surface area (Å²) in [4.78, 5) is 16.5. The summed E-state index contributed by atoms with van der Waals surface area (Å²) in [5.41, 5.74) is 0. The van der Waals surface area contributed by atoms with Crippen molar-refractivity contribution in [3.05, 3.63) is 21.9 Å². The van der Waals surface area contributed by atoms with E-state index in [1.54, 1.807) is 6.20 Å². The standard InChI is InChI=1S/C14H15IN2O/c15-9-3-4-10(16-6-9)17-14(18)13-11-7-1-2-8(5-7)12(11)13/h3-4,6-8,11-13H,1-2,5H2,(H,16,17,18). The Morgan fingerprint density at radius 1 is 1.28 bits per heavy atom. The normalized spacial score (nSPS) is 39.5. The molecule has 1 amide bonds. The fourth-order valence-electron chi connectivity index (χ4n) is 4.33. The molecule has 1 aromatic heterocycles. The number of carbonyl (C=O) groups is 1. The second kappa shape index (κ2) is 3.92. The summed E-state index contributed by atoms with van der Waals surface area (Å²) >= 11 is 2.22. The van der Waals surface area contributed by atoms with Crippen LogP contribution in [0.1, 0.15) is 19.3 Å². The molecular weight excluding hydrogens is 339 g/mol. The summed E-state index contributed by atoms with van der Waals surface area (Å²) < 4.78 is 1.09. The van der Waals surface area contributed by atoms with Crippen molar-refractivity contribution in [2.45, 2.75) is 19.3 Å². The van der Waals surface area contributed by atoms with Gasteiger partial charge in [-0.25, -0.2) is 4.98 Å². The van der Waals surface area contributed by atoms with E-state index in [4.69, 9.17) is 0 Å². The minimum absolute atomic E-state index is 0.204. The number of aromatic nitrogens is 1. The third kappa shape index (κ3) is 1.61.